The second-order valence-corrected chi connectivity index (χ2v) is 5.41. The lowest BCUT2D eigenvalue weighted by Crippen LogP contribution is -2.13. The minimum atomic E-state index is -0.848. The van der Waals surface area contributed by atoms with Gasteiger partial charge in [-0.05, 0) is 30.2 Å². The fourth-order valence-electron chi connectivity index (χ4n) is 1.57. The van der Waals surface area contributed by atoms with Crippen LogP contribution in [0.1, 0.15) is 16.5 Å². The fraction of sp³-hybridized carbons (Fsp3) is 0.167. The third kappa shape index (κ3) is 2.83. The maximum absolute atomic E-state index is 13.4. The Hall–Kier alpha value is -0.970. The van der Waals surface area contributed by atoms with Gasteiger partial charge in [0, 0.05) is 10.9 Å². The zero-order chi connectivity index (χ0) is 12.4. The Morgan fingerprint density at radius 1 is 1.24 bits per heavy atom. The first-order valence-corrected chi connectivity index (χ1v) is 6.21. The van der Waals surface area contributed by atoms with E-state index in [1.165, 1.54) is 23.5 Å². The molecular weight excluding hydrogens is 264 g/mol. The molecule has 0 spiro atoms. The van der Waals surface area contributed by atoms with E-state index in [4.69, 9.17) is 17.3 Å². The van der Waals surface area contributed by atoms with Gasteiger partial charge in [-0.25, -0.2) is 8.78 Å². The van der Waals surface area contributed by atoms with Crippen molar-refractivity contribution in [1.29, 1.82) is 0 Å². The number of rotatable bonds is 3. The highest BCUT2D eigenvalue weighted by molar-refractivity contribution is 7.16. The number of hydrogen-bond acceptors (Lipinski definition) is 2. The van der Waals surface area contributed by atoms with Gasteiger partial charge < -0.3 is 5.73 Å². The van der Waals surface area contributed by atoms with Gasteiger partial charge >= 0.3 is 0 Å². The number of nitrogens with two attached hydrogens (primary N) is 1. The van der Waals surface area contributed by atoms with Crippen LogP contribution < -0.4 is 5.73 Å². The number of thiophene rings is 1. The van der Waals surface area contributed by atoms with Crippen molar-refractivity contribution in [3.05, 3.63) is 56.7 Å². The molecule has 0 radical (unpaired) electrons. The molecule has 0 bridgehead atoms. The molecular formula is C12H10ClF2NS. The fourth-order valence-corrected chi connectivity index (χ4v) is 2.63. The number of benzene rings is 1. The monoisotopic (exact) mass is 273 g/mol. The molecule has 90 valence electrons. The van der Waals surface area contributed by atoms with Crippen molar-refractivity contribution < 1.29 is 8.78 Å². The Bertz CT molecular complexity index is 527. The molecule has 0 saturated heterocycles. The summed E-state index contributed by atoms with van der Waals surface area (Å²) in [5.74, 6) is -1.68. The summed E-state index contributed by atoms with van der Waals surface area (Å²) in [5, 5.41) is 0. The van der Waals surface area contributed by atoms with Gasteiger partial charge in [-0.1, -0.05) is 23.7 Å². The third-order valence-electron chi connectivity index (χ3n) is 2.43. The Kier molecular flexibility index (Phi) is 3.76. The van der Waals surface area contributed by atoms with Crippen LogP contribution in [-0.2, 0) is 6.42 Å². The first-order valence-electron chi connectivity index (χ1n) is 5.01. The van der Waals surface area contributed by atoms with E-state index in [2.05, 4.69) is 0 Å². The zero-order valence-corrected chi connectivity index (χ0v) is 10.4. The Morgan fingerprint density at radius 3 is 2.65 bits per heavy atom. The van der Waals surface area contributed by atoms with E-state index >= 15 is 0 Å². The maximum atomic E-state index is 13.4. The summed E-state index contributed by atoms with van der Waals surface area (Å²) in [7, 11) is 0. The molecule has 0 saturated carbocycles. The van der Waals surface area contributed by atoms with Gasteiger partial charge in [0.2, 0.25) is 0 Å². The highest BCUT2D eigenvalue weighted by atomic mass is 35.5. The first-order chi connectivity index (χ1) is 8.08. The standard InChI is InChI=1S/C12H10ClF2NS/c13-11-5-4-10(17-11)9(16)6-7-2-1-3-8(14)12(7)15/h1-5,9H,6,16H2. The zero-order valence-electron chi connectivity index (χ0n) is 8.79. The van der Waals surface area contributed by atoms with Crippen LogP contribution in [0.3, 0.4) is 0 Å². The highest BCUT2D eigenvalue weighted by Crippen LogP contribution is 2.28. The van der Waals surface area contributed by atoms with Gasteiger partial charge in [0.15, 0.2) is 11.6 Å². The normalized spacial score (nSPS) is 12.7. The molecule has 0 aliphatic carbocycles. The lowest BCUT2D eigenvalue weighted by atomic mass is 10.0. The van der Waals surface area contributed by atoms with Crippen molar-refractivity contribution in [1.82, 2.24) is 0 Å². The van der Waals surface area contributed by atoms with Crippen LogP contribution in [0.2, 0.25) is 4.34 Å². The van der Waals surface area contributed by atoms with Gasteiger partial charge in [0.25, 0.3) is 0 Å². The Labute approximate surface area is 107 Å². The second kappa shape index (κ2) is 5.12. The van der Waals surface area contributed by atoms with Crippen LogP contribution in [0.15, 0.2) is 30.3 Å². The van der Waals surface area contributed by atoms with Gasteiger partial charge in [0.1, 0.15) is 0 Å². The van der Waals surface area contributed by atoms with Crippen LogP contribution in [0.4, 0.5) is 8.78 Å². The summed E-state index contributed by atoms with van der Waals surface area (Å²) in [6.45, 7) is 0. The molecule has 1 atom stereocenters. The van der Waals surface area contributed by atoms with Crippen molar-refractivity contribution in [2.24, 2.45) is 5.73 Å². The largest absolute Gasteiger partial charge is 0.323 e. The van der Waals surface area contributed by atoms with E-state index in [9.17, 15) is 8.78 Å². The Morgan fingerprint density at radius 2 is 2.00 bits per heavy atom. The average molecular weight is 274 g/mol. The predicted molar refractivity (Wildman–Crippen MR) is 66.3 cm³/mol. The molecule has 0 fully saturated rings. The highest BCUT2D eigenvalue weighted by Gasteiger charge is 2.14. The molecule has 1 aromatic heterocycles. The molecule has 0 amide bonds. The number of halogens is 3. The lowest BCUT2D eigenvalue weighted by Gasteiger charge is -2.10. The van der Waals surface area contributed by atoms with Crippen molar-refractivity contribution in [2.75, 3.05) is 0 Å². The molecule has 5 heteroatoms. The van der Waals surface area contributed by atoms with Crippen LogP contribution in [-0.4, -0.2) is 0 Å². The molecule has 1 heterocycles. The summed E-state index contributed by atoms with van der Waals surface area (Å²) in [6.07, 6.45) is 0.250. The summed E-state index contributed by atoms with van der Waals surface area (Å²) >= 11 is 7.14. The van der Waals surface area contributed by atoms with E-state index in [1.807, 2.05) is 0 Å². The third-order valence-corrected chi connectivity index (χ3v) is 3.79. The average Bonchev–Trinajstić information content (AvgIpc) is 2.72. The van der Waals surface area contributed by atoms with E-state index in [1.54, 1.807) is 12.1 Å². The molecule has 0 aliphatic rings. The summed E-state index contributed by atoms with van der Waals surface area (Å²) in [6, 6.07) is 7.27. The van der Waals surface area contributed by atoms with E-state index < -0.39 is 11.6 Å². The molecule has 0 aliphatic heterocycles. The molecule has 1 unspecified atom stereocenters. The molecule has 2 N–H and O–H groups in total. The van der Waals surface area contributed by atoms with Crippen molar-refractivity contribution in [2.45, 2.75) is 12.5 Å². The summed E-state index contributed by atoms with van der Waals surface area (Å²) < 4.78 is 27.1. The minimum absolute atomic E-state index is 0.250. The van der Waals surface area contributed by atoms with E-state index in [0.717, 1.165) is 10.9 Å². The quantitative estimate of drug-likeness (QED) is 0.901. The Balaban J connectivity index is 2.18. The van der Waals surface area contributed by atoms with Gasteiger partial charge in [0.05, 0.1) is 4.34 Å². The SMILES string of the molecule is NC(Cc1cccc(F)c1F)c1ccc(Cl)s1. The van der Waals surface area contributed by atoms with Crippen molar-refractivity contribution in [3.63, 3.8) is 0 Å². The van der Waals surface area contributed by atoms with Crippen LogP contribution >= 0.6 is 22.9 Å². The summed E-state index contributed by atoms with van der Waals surface area (Å²) in [4.78, 5) is 0.860. The van der Waals surface area contributed by atoms with Crippen LogP contribution in [0, 0.1) is 11.6 Å². The van der Waals surface area contributed by atoms with Gasteiger partial charge in [-0.15, -0.1) is 11.3 Å². The van der Waals surface area contributed by atoms with E-state index in [-0.39, 0.29) is 18.0 Å². The van der Waals surface area contributed by atoms with E-state index in [0.29, 0.717) is 4.34 Å². The topological polar surface area (TPSA) is 26.0 Å². The first kappa shape index (κ1) is 12.5. The number of hydrogen-bond donors (Lipinski definition) is 1. The molecule has 1 aromatic carbocycles. The van der Waals surface area contributed by atoms with Gasteiger partial charge in [-0.2, -0.15) is 0 Å². The second-order valence-electron chi connectivity index (χ2n) is 3.67. The smallest absolute Gasteiger partial charge is 0.162 e. The van der Waals surface area contributed by atoms with Crippen molar-refractivity contribution >= 4 is 22.9 Å². The van der Waals surface area contributed by atoms with Gasteiger partial charge in [-0.3, -0.25) is 0 Å². The summed E-state index contributed by atoms with van der Waals surface area (Å²) in [5.41, 5.74) is 6.20. The lowest BCUT2D eigenvalue weighted by molar-refractivity contribution is 0.494. The molecule has 2 rings (SSSR count). The van der Waals surface area contributed by atoms with Crippen LogP contribution in [0.25, 0.3) is 0 Å². The molecule has 17 heavy (non-hydrogen) atoms. The molecule has 2 aromatic rings. The molecule has 1 nitrogen and oxygen atoms in total. The van der Waals surface area contributed by atoms with Crippen LogP contribution in [0.5, 0.6) is 0 Å². The van der Waals surface area contributed by atoms with Crippen molar-refractivity contribution in [3.8, 4) is 0 Å². The maximum Gasteiger partial charge on any atom is 0.162 e. The predicted octanol–water partition coefficient (Wildman–Crippen LogP) is 3.92. The minimum Gasteiger partial charge on any atom is -0.323 e.